The number of halogens is 3. The van der Waals surface area contributed by atoms with Gasteiger partial charge < -0.3 is 16.2 Å². The van der Waals surface area contributed by atoms with E-state index >= 15 is 0 Å². The molecule has 0 radical (unpaired) electrons. The third-order valence-corrected chi connectivity index (χ3v) is 3.03. The van der Waals surface area contributed by atoms with Gasteiger partial charge in [0.05, 0.1) is 12.8 Å². The standard InChI is InChI=1S/C9H10Br2N2O2.ClH/c1-15-9(14)8(13)5-2-4(10)3-6(11)7(5)12;/h2-3,8H,12-13H2,1H3;1H/t8-;/m0./s1. The van der Waals surface area contributed by atoms with E-state index in [9.17, 15) is 4.79 Å². The number of ether oxygens (including phenoxy) is 1. The normalized spacial score (nSPS) is 11.5. The number of hydrogen-bond acceptors (Lipinski definition) is 4. The van der Waals surface area contributed by atoms with Crippen molar-refractivity contribution in [3.05, 3.63) is 26.6 Å². The number of benzene rings is 1. The fraction of sp³-hybridized carbons (Fsp3) is 0.222. The topological polar surface area (TPSA) is 78.3 Å². The summed E-state index contributed by atoms with van der Waals surface area (Å²) in [6, 6.07) is 2.61. The second-order valence-corrected chi connectivity index (χ2v) is 4.66. The molecule has 1 aromatic carbocycles. The smallest absolute Gasteiger partial charge is 0.327 e. The van der Waals surface area contributed by atoms with Crippen LogP contribution in [0.4, 0.5) is 5.69 Å². The maximum atomic E-state index is 11.3. The van der Waals surface area contributed by atoms with Crippen molar-refractivity contribution < 1.29 is 9.53 Å². The van der Waals surface area contributed by atoms with Gasteiger partial charge >= 0.3 is 5.97 Å². The molecule has 1 atom stereocenters. The van der Waals surface area contributed by atoms with Crippen LogP contribution in [0.1, 0.15) is 11.6 Å². The number of hydrogen-bond donors (Lipinski definition) is 2. The number of carbonyl (C=O) groups is 1. The van der Waals surface area contributed by atoms with Gasteiger partial charge in [0, 0.05) is 14.5 Å². The maximum absolute atomic E-state index is 11.3. The summed E-state index contributed by atoms with van der Waals surface area (Å²) in [4.78, 5) is 11.3. The van der Waals surface area contributed by atoms with Gasteiger partial charge in [0.2, 0.25) is 0 Å². The molecule has 0 aliphatic carbocycles. The van der Waals surface area contributed by atoms with Gasteiger partial charge in [0.25, 0.3) is 0 Å². The van der Waals surface area contributed by atoms with Crippen molar-refractivity contribution in [2.45, 2.75) is 6.04 Å². The van der Waals surface area contributed by atoms with Crippen LogP contribution in [0.25, 0.3) is 0 Å². The molecule has 0 spiro atoms. The summed E-state index contributed by atoms with van der Waals surface area (Å²) in [5.74, 6) is -0.522. The summed E-state index contributed by atoms with van der Waals surface area (Å²) in [5.41, 5.74) is 12.5. The molecule has 0 fully saturated rings. The first-order valence-electron chi connectivity index (χ1n) is 4.05. The highest BCUT2D eigenvalue weighted by Gasteiger charge is 2.20. The summed E-state index contributed by atoms with van der Waals surface area (Å²) in [5, 5.41) is 0. The zero-order valence-electron chi connectivity index (χ0n) is 8.37. The van der Waals surface area contributed by atoms with Crippen molar-refractivity contribution >= 4 is 55.9 Å². The van der Waals surface area contributed by atoms with E-state index in [0.29, 0.717) is 15.7 Å². The molecule has 0 saturated heterocycles. The highest BCUT2D eigenvalue weighted by atomic mass is 79.9. The molecule has 1 rings (SSSR count). The van der Waals surface area contributed by atoms with Crippen LogP contribution in [-0.2, 0) is 9.53 Å². The largest absolute Gasteiger partial charge is 0.468 e. The zero-order valence-corrected chi connectivity index (χ0v) is 12.4. The van der Waals surface area contributed by atoms with E-state index < -0.39 is 12.0 Å². The van der Waals surface area contributed by atoms with Crippen LogP contribution in [-0.4, -0.2) is 13.1 Å². The van der Waals surface area contributed by atoms with Crippen LogP contribution in [0.15, 0.2) is 21.1 Å². The molecule has 0 unspecified atom stereocenters. The minimum Gasteiger partial charge on any atom is -0.468 e. The number of anilines is 1. The molecule has 0 saturated carbocycles. The van der Waals surface area contributed by atoms with Gasteiger partial charge in [-0.2, -0.15) is 0 Å². The third-order valence-electron chi connectivity index (χ3n) is 1.92. The third kappa shape index (κ3) is 3.35. The Morgan fingerprint density at radius 1 is 1.44 bits per heavy atom. The first-order chi connectivity index (χ1) is 6.97. The van der Waals surface area contributed by atoms with Crippen molar-refractivity contribution in [2.24, 2.45) is 5.73 Å². The number of methoxy groups -OCH3 is 1. The molecule has 4 nitrogen and oxygen atoms in total. The number of nitrogen functional groups attached to an aromatic ring is 1. The minimum absolute atomic E-state index is 0. The van der Waals surface area contributed by atoms with Gasteiger partial charge in [-0.15, -0.1) is 12.4 Å². The quantitative estimate of drug-likeness (QED) is 0.615. The molecule has 0 heterocycles. The number of carbonyl (C=O) groups excluding carboxylic acids is 1. The fourth-order valence-corrected chi connectivity index (χ4v) is 2.37. The van der Waals surface area contributed by atoms with Gasteiger partial charge in [-0.05, 0) is 28.1 Å². The molecular weight excluding hydrogens is 363 g/mol. The van der Waals surface area contributed by atoms with Crippen LogP contribution >= 0.6 is 44.3 Å². The molecule has 7 heteroatoms. The molecular formula is C9H11Br2ClN2O2. The molecule has 16 heavy (non-hydrogen) atoms. The average molecular weight is 374 g/mol. The molecule has 0 bridgehead atoms. The summed E-state index contributed by atoms with van der Waals surface area (Å²) in [6.07, 6.45) is 0. The van der Waals surface area contributed by atoms with Crippen LogP contribution in [0.3, 0.4) is 0 Å². The Morgan fingerprint density at radius 2 is 2.00 bits per heavy atom. The first kappa shape index (κ1) is 15.7. The van der Waals surface area contributed by atoms with Crippen molar-refractivity contribution in [1.82, 2.24) is 0 Å². The van der Waals surface area contributed by atoms with Crippen molar-refractivity contribution in [3.8, 4) is 0 Å². The SMILES string of the molecule is COC(=O)[C@@H](N)c1cc(Br)cc(Br)c1N.Cl. The van der Waals surface area contributed by atoms with Crippen LogP contribution in [0.5, 0.6) is 0 Å². The monoisotopic (exact) mass is 372 g/mol. The Kier molecular flexibility index (Phi) is 6.32. The molecule has 0 aliphatic heterocycles. The lowest BCUT2D eigenvalue weighted by Crippen LogP contribution is -2.23. The van der Waals surface area contributed by atoms with E-state index in [0.717, 1.165) is 4.47 Å². The van der Waals surface area contributed by atoms with E-state index in [1.165, 1.54) is 7.11 Å². The lowest BCUT2D eigenvalue weighted by atomic mass is 10.1. The number of rotatable bonds is 2. The predicted octanol–water partition coefficient (Wildman–Crippen LogP) is 2.39. The molecule has 0 aromatic heterocycles. The van der Waals surface area contributed by atoms with Crippen molar-refractivity contribution in [1.29, 1.82) is 0 Å². The van der Waals surface area contributed by atoms with Crippen LogP contribution in [0.2, 0.25) is 0 Å². The van der Waals surface area contributed by atoms with Gasteiger partial charge in [0.15, 0.2) is 0 Å². The predicted molar refractivity (Wildman–Crippen MR) is 72.4 cm³/mol. The van der Waals surface area contributed by atoms with Gasteiger partial charge in [-0.3, -0.25) is 4.79 Å². The Hall–Kier alpha value is -0.300. The molecule has 0 amide bonds. The van der Waals surface area contributed by atoms with Crippen molar-refractivity contribution in [3.63, 3.8) is 0 Å². The van der Waals surface area contributed by atoms with E-state index in [2.05, 4.69) is 36.6 Å². The maximum Gasteiger partial charge on any atom is 0.327 e. The lowest BCUT2D eigenvalue weighted by molar-refractivity contribution is -0.142. The van der Waals surface area contributed by atoms with Crippen LogP contribution in [0, 0.1) is 0 Å². The summed E-state index contributed by atoms with van der Waals surface area (Å²) in [6.45, 7) is 0. The van der Waals surface area contributed by atoms with Gasteiger partial charge in [-0.1, -0.05) is 15.9 Å². The Labute approximate surface area is 116 Å². The van der Waals surface area contributed by atoms with Crippen molar-refractivity contribution in [2.75, 3.05) is 12.8 Å². The lowest BCUT2D eigenvalue weighted by Gasteiger charge is -2.13. The Morgan fingerprint density at radius 3 is 2.50 bits per heavy atom. The van der Waals surface area contributed by atoms with Gasteiger partial charge in [0.1, 0.15) is 6.04 Å². The Bertz CT molecular complexity index is 401. The highest BCUT2D eigenvalue weighted by molar-refractivity contribution is 9.11. The summed E-state index contributed by atoms with van der Waals surface area (Å²) < 4.78 is 6.03. The van der Waals surface area contributed by atoms with Crippen LogP contribution < -0.4 is 11.5 Å². The highest BCUT2D eigenvalue weighted by Crippen LogP contribution is 2.31. The number of esters is 1. The molecule has 90 valence electrons. The average Bonchev–Trinajstić information content (AvgIpc) is 2.21. The first-order valence-corrected chi connectivity index (χ1v) is 5.63. The second kappa shape index (κ2) is 6.44. The fourth-order valence-electron chi connectivity index (χ4n) is 1.12. The summed E-state index contributed by atoms with van der Waals surface area (Å²) >= 11 is 6.57. The molecule has 1 aromatic rings. The second-order valence-electron chi connectivity index (χ2n) is 2.89. The van der Waals surface area contributed by atoms with E-state index in [1.807, 2.05) is 0 Å². The van der Waals surface area contributed by atoms with E-state index in [4.69, 9.17) is 11.5 Å². The summed E-state index contributed by atoms with van der Waals surface area (Å²) in [7, 11) is 1.28. The van der Waals surface area contributed by atoms with E-state index in [1.54, 1.807) is 12.1 Å². The van der Waals surface area contributed by atoms with Gasteiger partial charge in [-0.25, -0.2) is 0 Å². The number of nitrogens with two attached hydrogens (primary N) is 2. The molecule has 4 N–H and O–H groups in total. The molecule has 0 aliphatic rings. The minimum atomic E-state index is -0.871. The van der Waals surface area contributed by atoms with E-state index in [-0.39, 0.29) is 12.4 Å². The zero-order chi connectivity index (χ0) is 11.6. The Balaban J connectivity index is 0.00000225.